The predicted octanol–water partition coefficient (Wildman–Crippen LogP) is 2.78. The molecule has 0 N–H and O–H groups in total. The zero-order chi connectivity index (χ0) is 20.9. The molecular weight excluding hydrogens is 404 g/mol. The van der Waals surface area contributed by atoms with Gasteiger partial charge in [-0.3, -0.25) is 9.10 Å². The third-order valence-electron chi connectivity index (χ3n) is 4.11. The van der Waals surface area contributed by atoms with Crippen molar-refractivity contribution in [2.24, 2.45) is 0 Å². The molecule has 9 heteroatoms. The Bertz CT molecular complexity index is 932. The summed E-state index contributed by atoms with van der Waals surface area (Å²) in [5, 5.41) is 0.257. The molecule has 7 nitrogen and oxygen atoms in total. The fraction of sp³-hybridized carbons (Fsp3) is 0.316. The number of halogens is 1. The average molecular weight is 427 g/mol. The number of sulfonamides is 1. The lowest BCUT2D eigenvalue weighted by molar-refractivity contribution is -0.128. The van der Waals surface area contributed by atoms with Crippen LogP contribution in [0.1, 0.15) is 5.56 Å². The topological polar surface area (TPSA) is 76.2 Å². The van der Waals surface area contributed by atoms with Crippen LogP contribution in [0.25, 0.3) is 0 Å². The highest BCUT2D eigenvalue weighted by atomic mass is 35.5. The van der Waals surface area contributed by atoms with Gasteiger partial charge in [-0.15, -0.1) is 0 Å². The molecule has 2 rings (SSSR count). The molecular formula is C19H23ClN2O5S. The minimum absolute atomic E-state index is 0.257. The fourth-order valence-electron chi connectivity index (χ4n) is 2.55. The average Bonchev–Trinajstić information content (AvgIpc) is 2.65. The van der Waals surface area contributed by atoms with Crippen LogP contribution in [0.4, 0.5) is 5.69 Å². The van der Waals surface area contributed by atoms with Gasteiger partial charge in [0.2, 0.25) is 15.9 Å². The number of carbonyl (C=O) groups is 1. The molecule has 0 atom stereocenters. The summed E-state index contributed by atoms with van der Waals surface area (Å²) in [5.41, 5.74) is 1.19. The Balaban J connectivity index is 2.17. The van der Waals surface area contributed by atoms with E-state index in [1.54, 1.807) is 38.4 Å². The molecule has 0 saturated carbocycles. The van der Waals surface area contributed by atoms with Gasteiger partial charge in [0.05, 0.1) is 31.2 Å². The van der Waals surface area contributed by atoms with Gasteiger partial charge in [-0.25, -0.2) is 8.42 Å². The smallest absolute Gasteiger partial charge is 0.243 e. The highest BCUT2D eigenvalue weighted by Crippen LogP contribution is 2.30. The molecule has 0 aliphatic rings. The summed E-state index contributed by atoms with van der Waals surface area (Å²) in [6.07, 6.45) is 1.04. The third-order valence-corrected chi connectivity index (χ3v) is 5.54. The zero-order valence-corrected chi connectivity index (χ0v) is 17.7. The van der Waals surface area contributed by atoms with Crippen LogP contribution in [-0.2, 0) is 21.4 Å². The number of anilines is 1. The molecule has 1 amide bonds. The summed E-state index contributed by atoms with van der Waals surface area (Å²) in [7, 11) is 0.969. The van der Waals surface area contributed by atoms with Gasteiger partial charge < -0.3 is 14.4 Å². The standard InChI is InChI=1S/C19H23ClN2O5S/c1-21(12-14-5-8-16(26-2)9-6-14)19(23)13-22(28(4,24)25)15-7-10-18(27-3)17(20)11-15/h5-11H,12-13H2,1-4H3. The van der Waals surface area contributed by atoms with Crippen molar-refractivity contribution in [1.82, 2.24) is 4.90 Å². The summed E-state index contributed by atoms with van der Waals surface area (Å²) in [6, 6.07) is 11.9. The largest absolute Gasteiger partial charge is 0.497 e. The second-order valence-electron chi connectivity index (χ2n) is 6.19. The number of likely N-dealkylation sites (N-methyl/N-ethyl adjacent to an activating group) is 1. The number of nitrogens with zero attached hydrogens (tertiary/aromatic N) is 2. The first-order chi connectivity index (χ1) is 13.2. The van der Waals surface area contributed by atoms with Gasteiger partial charge in [0.1, 0.15) is 18.0 Å². The van der Waals surface area contributed by atoms with Crippen LogP contribution in [0.5, 0.6) is 11.5 Å². The van der Waals surface area contributed by atoms with Gasteiger partial charge in [-0.05, 0) is 35.9 Å². The summed E-state index contributed by atoms with van der Waals surface area (Å²) in [6.45, 7) is -0.00204. The molecule has 0 aliphatic heterocycles. The first-order valence-corrected chi connectivity index (χ1v) is 10.6. The van der Waals surface area contributed by atoms with Crippen molar-refractivity contribution < 1.29 is 22.7 Å². The van der Waals surface area contributed by atoms with E-state index in [0.717, 1.165) is 21.9 Å². The zero-order valence-electron chi connectivity index (χ0n) is 16.2. The van der Waals surface area contributed by atoms with Crippen molar-refractivity contribution in [3.63, 3.8) is 0 Å². The molecule has 0 spiro atoms. The van der Waals surface area contributed by atoms with Gasteiger partial charge in [0.25, 0.3) is 0 Å². The van der Waals surface area contributed by atoms with Crippen LogP contribution < -0.4 is 13.8 Å². The van der Waals surface area contributed by atoms with E-state index >= 15 is 0 Å². The quantitative estimate of drug-likeness (QED) is 0.648. The molecule has 2 aromatic carbocycles. The van der Waals surface area contributed by atoms with Crippen LogP contribution in [0, 0.1) is 0 Å². The van der Waals surface area contributed by atoms with Gasteiger partial charge in [0, 0.05) is 13.6 Å². The SMILES string of the molecule is COc1ccc(CN(C)C(=O)CN(c2ccc(OC)c(Cl)c2)S(C)(=O)=O)cc1. The minimum atomic E-state index is -3.69. The molecule has 0 bridgehead atoms. The molecule has 0 aliphatic carbocycles. The lowest BCUT2D eigenvalue weighted by atomic mass is 10.2. The molecule has 0 fully saturated rings. The van der Waals surface area contributed by atoms with Crippen molar-refractivity contribution in [3.05, 3.63) is 53.1 Å². The Morgan fingerprint density at radius 2 is 1.71 bits per heavy atom. The summed E-state index contributed by atoms with van der Waals surface area (Å²) in [5.74, 6) is 0.785. The summed E-state index contributed by atoms with van der Waals surface area (Å²) >= 11 is 6.10. The number of benzene rings is 2. The molecule has 0 radical (unpaired) electrons. The Morgan fingerprint density at radius 1 is 1.07 bits per heavy atom. The number of rotatable bonds is 8. The van der Waals surface area contributed by atoms with E-state index in [1.165, 1.54) is 18.1 Å². The highest BCUT2D eigenvalue weighted by Gasteiger charge is 2.23. The Labute approximate surface area is 170 Å². The van der Waals surface area contributed by atoms with Gasteiger partial charge in [-0.2, -0.15) is 0 Å². The van der Waals surface area contributed by atoms with Crippen molar-refractivity contribution in [2.75, 3.05) is 38.4 Å². The van der Waals surface area contributed by atoms with Gasteiger partial charge >= 0.3 is 0 Å². The van der Waals surface area contributed by atoms with E-state index in [4.69, 9.17) is 21.1 Å². The van der Waals surface area contributed by atoms with Crippen molar-refractivity contribution >= 4 is 33.2 Å². The van der Waals surface area contributed by atoms with Gasteiger partial charge in [-0.1, -0.05) is 23.7 Å². The molecule has 0 aromatic heterocycles. The van der Waals surface area contributed by atoms with Crippen LogP contribution in [-0.4, -0.2) is 53.3 Å². The maximum atomic E-state index is 12.6. The molecule has 0 unspecified atom stereocenters. The number of amides is 1. The van der Waals surface area contributed by atoms with Crippen LogP contribution in [0.2, 0.25) is 5.02 Å². The molecule has 28 heavy (non-hydrogen) atoms. The summed E-state index contributed by atoms with van der Waals surface area (Å²) in [4.78, 5) is 14.1. The van der Waals surface area contributed by atoms with Crippen LogP contribution in [0.3, 0.4) is 0 Å². The van der Waals surface area contributed by atoms with E-state index in [-0.39, 0.29) is 17.5 Å². The lowest BCUT2D eigenvalue weighted by Gasteiger charge is -2.25. The minimum Gasteiger partial charge on any atom is -0.497 e. The Morgan fingerprint density at radius 3 is 2.21 bits per heavy atom. The third kappa shape index (κ3) is 5.53. The van der Waals surface area contributed by atoms with E-state index in [9.17, 15) is 13.2 Å². The molecule has 0 heterocycles. The normalized spacial score (nSPS) is 11.0. The monoisotopic (exact) mass is 426 g/mol. The van der Waals surface area contributed by atoms with Gasteiger partial charge in [0.15, 0.2) is 0 Å². The Kier molecular flexibility index (Phi) is 7.15. The molecule has 152 valence electrons. The molecule has 2 aromatic rings. The predicted molar refractivity (Wildman–Crippen MR) is 110 cm³/mol. The van der Waals surface area contributed by atoms with E-state index in [2.05, 4.69) is 0 Å². The number of ether oxygens (including phenoxy) is 2. The van der Waals surface area contributed by atoms with Crippen molar-refractivity contribution in [1.29, 1.82) is 0 Å². The lowest BCUT2D eigenvalue weighted by Crippen LogP contribution is -2.41. The maximum Gasteiger partial charge on any atom is 0.243 e. The van der Waals surface area contributed by atoms with E-state index < -0.39 is 10.0 Å². The summed E-state index contributed by atoms with van der Waals surface area (Å²) < 4.78 is 35.7. The number of hydrogen-bond acceptors (Lipinski definition) is 5. The number of hydrogen-bond donors (Lipinski definition) is 0. The maximum absolute atomic E-state index is 12.6. The van der Waals surface area contributed by atoms with Crippen LogP contribution in [0.15, 0.2) is 42.5 Å². The first-order valence-electron chi connectivity index (χ1n) is 8.34. The highest BCUT2D eigenvalue weighted by molar-refractivity contribution is 7.92. The second kappa shape index (κ2) is 9.16. The first kappa shape index (κ1) is 21.8. The second-order valence-corrected chi connectivity index (χ2v) is 8.50. The van der Waals surface area contributed by atoms with Crippen LogP contribution >= 0.6 is 11.6 Å². The fourth-order valence-corrected chi connectivity index (χ4v) is 3.64. The Hall–Kier alpha value is -2.45. The number of carbonyl (C=O) groups excluding carboxylic acids is 1. The van der Waals surface area contributed by atoms with Crippen molar-refractivity contribution in [2.45, 2.75) is 6.54 Å². The van der Waals surface area contributed by atoms with Crippen molar-refractivity contribution in [3.8, 4) is 11.5 Å². The molecule has 0 saturated heterocycles. The van der Waals surface area contributed by atoms with E-state index in [1.807, 2.05) is 12.1 Å². The number of methoxy groups -OCH3 is 2. The van der Waals surface area contributed by atoms with E-state index in [0.29, 0.717) is 18.0 Å².